The zero-order valence-electron chi connectivity index (χ0n) is 11.9. The first-order chi connectivity index (χ1) is 9.58. The zero-order valence-corrected chi connectivity index (χ0v) is 13.4. The lowest BCUT2D eigenvalue weighted by atomic mass is 10.0. The lowest BCUT2D eigenvalue weighted by Gasteiger charge is -2.37. The average molecular weight is 317 g/mol. The highest BCUT2D eigenvalue weighted by molar-refractivity contribution is 6.34. The molecule has 20 heavy (non-hydrogen) atoms. The van der Waals surface area contributed by atoms with E-state index in [0.29, 0.717) is 22.6 Å². The molecule has 0 unspecified atom stereocenters. The van der Waals surface area contributed by atoms with Crippen LogP contribution in [0.25, 0.3) is 0 Å². The molecule has 1 aromatic carbocycles. The first kappa shape index (κ1) is 16.1. The van der Waals surface area contributed by atoms with Gasteiger partial charge in [0.05, 0.1) is 6.61 Å². The van der Waals surface area contributed by atoms with Crippen LogP contribution in [0.4, 0.5) is 0 Å². The van der Waals surface area contributed by atoms with Crippen molar-refractivity contribution in [1.29, 1.82) is 0 Å². The summed E-state index contributed by atoms with van der Waals surface area (Å²) in [6, 6.07) is 6.18. The Morgan fingerprint density at radius 2 is 1.80 bits per heavy atom. The molecule has 0 atom stereocenters. The Labute approximate surface area is 131 Å². The summed E-state index contributed by atoms with van der Waals surface area (Å²) in [4.78, 5) is 4.69. The maximum absolute atomic E-state index is 9.30. The third-order valence-corrected chi connectivity index (χ3v) is 4.34. The number of hydrogen-bond acceptors (Lipinski definition) is 3. The van der Waals surface area contributed by atoms with Crippen molar-refractivity contribution in [2.24, 2.45) is 0 Å². The van der Waals surface area contributed by atoms with Gasteiger partial charge in [0.1, 0.15) is 0 Å². The number of halogens is 2. The number of rotatable bonds is 5. The van der Waals surface area contributed by atoms with Crippen LogP contribution in [0.2, 0.25) is 10.0 Å². The van der Waals surface area contributed by atoms with E-state index in [1.807, 2.05) is 12.1 Å². The average Bonchev–Trinajstić information content (AvgIpc) is 2.38. The summed E-state index contributed by atoms with van der Waals surface area (Å²) in [5, 5.41) is 10.6. The van der Waals surface area contributed by atoms with Crippen LogP contribution in [-0.4, -0.2) is 54.2 Å². The Balaban J connectivity index is 2.04. The number of likely N-dealkylation sites (tertiary alicyclic amines) is 1. The first-order valence-electron chi connectivity index (χ1n) is 7.07. The van der Waals surface area contributed by atoms with Gasteiger partial charge in [0.2, 0.25) is 0 Å². The van der Waals surface area contributed by atoms with Gasteiger partial charge in [-0.15, -0.1) is 0 Å². The SMILES string of the molecule is CN1CCC(N(CCO)Cc2cc(Cl)cc(Cl)c2)CC1. The normalized spacial score (nSPS) is 17.9. The summed E-state index contributed by atoms with van der Waals surface area (Å²) in [6.07, 6.45) is 2.29. The molecule has 0 aromatic heterocycles. The summed E-state index contributed by atoms with van der Waals surface area (Å²) in [6.45, 7) is 3.89. The summed E-state index contributed by atoms with van der Waals surface area (Å²) >= 11 is 12.1. The van der Waals surface area contributed by atoms with Crippen molar-refractivity contribution < 1.29 is 5.11 Å². The fourth-order valence-corrected chi connectivity index (χ4v) is 3.39. The second kappa shape index (κ2) is 7.62. The van der Waals surface area contributed by atoms with E-state index < -0.39 is 0 Å². The number of nitrogens with zero attached hydrogens (tertiary/aromatic N) is 2. The van der Waals surface area contributed by atoms with Crippen LogP contribution >= 0.6 is 23.2 Å². The van der Waals surface area contributed by atoms with Crippen molar-refractivity contribution in [2.75, 3.05) is 33.3 Å². The van der Waals surface area contributed by atoms with E-state index in [0.717, 1.165) is 38.0 Å². The summed E-state index contributed by atoms with van der Waals surface area (Å²) in [5.41, 5.74) is 1.11. The summed E-state index contributed by atoms with van der Waals surface area (Å²) < 4.78 is 0. The quantitative estimate of drug-likeness (QED) is 0.905. The second-order valence-electron chi connectivity index (χ2n) is 5.51. The van der Waals surface area contributed by atoms with Gasteiger partial charge in [-0.1, -0.05) is 23.2 Å². The van der Waals surface area contributed by atoms with Crippen molar-refractivity contribution in [1.82, 2.24) is 9.80 Å². The molecule has 1 heterocycles. The van der Waals surface area contributed by atoms with Gasteiger partial charge < -0.3 is 10.0 Å². The molecule has 1 aromatic rings. The molecule has 0 amide bonds. The first-order valence-corrected chi connectivity index (χ1v) is 7.82. The molecule has 0 saturated carbocycles. The monoisotopic (exact) mass is 316 g/mol. The van der Waals surface area contributed by atoms with Gasteiger partial charge >= 0.3 is 0 Å². The standard InChI is InChI=1S/C15H22Cl2N2O/c1-18-4-2-15(3-5-18)19(6-7-20)11-12-8-13(16)10-14(17)9-12/h8-10,15,20H,2-7,11H2,1H3. The van der Waals surface area contributed by atoms with Crippen LogP contribution in [0.3, 0.4) is 0 Å². The van der Waals surface area contributed by atoms with E-state index in [-0.39, 0.29) is 6.61 Å². The van der Waals surface area contributed by atoms with E-state index in [2.05, 4.69) is 16.8 Å². The Morgan fingerprint density at radius 1 is 1.20 bits per heavy atom. The molecule has 5 heteroatoms. The molecule has 1 fully saturated rings. The van der Waals surface area contributed by atoms with Crippen LogP contribution in [0.15, 0.2) is 18.2 Å². The number of benzene rings is 1. The molecule has 1 aliphatic heterocycles. The maximum Gasteiger partial charge on any atom is 0.0558 e. The summed E-state index contributed by atoms with van der Waals surface area (Å²) in [7, 11) is 2.16. The Morgan fingerprint density at radius 3 is 2.35 bits per heavy atom. The maximum atomic E-state index is 9.30. The van der Waals surface area contributed by atoms with Gasteiger partial charge in [0.25, 0.3) is 0 Å². The van der Waals surface area contributed by atoms with E-state index in [9.17, 15) is 5.11 Å². The second-order valence-corrected chi connectivity index (χ2v) is 6.38. The minimum atomic E-state index is 0.181. The topological polar surface area (TPSA) is 26.7 Å². The van der Waals surface area contributed by atoms with Crippen molar-refractivity contribution in [2.45, 2.75) is 25.4 Å². The predicted octanol–water partition coefficient (Wildman–Crippen LogP) is 2.88. The number of aliphatic hydroxyl groups is 1. The Kier molecular flexibility index (Phi) is 6.12. The minimum absolute atomic E-state index is 0.181. The highest BCUT2D eigenvalue weighted by Gasteiger charge is 2.23. The lowest BCUT2D eigenvalue weighted by molar-refractivity contribution is 0.0941. The van der Waals surface area contributed by atoms with Crippen LogP contribution < -0.4 is 0 Å². The Bertz CT molecular complexity index is 414. The molecule has 0 spiro atoms. The zero-order chi connectivity index (χ0) is 14.5. The molecule has 0 bridgehead atoms. The van der Waals surface area contributed by atoms with Crippen molar-refractivity contribution >= 4 is 23.2 Å². The van der Waals surface area contributed by atoms with Crippen LogP contribution in [-0.2, 0) is 6.54 Å². The number of hydrogen-bond donors (Lipinski definition) is 1. The Hall–Kier alpha value is -0.320. The van der Waals surface area contributed by atoms with Crippen LogP contribution in [0, 0.1) is 0 Å². The molecule has 1 N–H and O–H groups in total. The van der Waals surface area contributed by atoms with Crippen LogP contribution in [0.5, 0.6) is 0 Å². The molecular weight excluding hydrogens is 295 g/mol. The highest BCUT2D eigenvalue weighted by atomic mass is 35.5. The van der Waals surface area contributed by atoms with Gasteiger partial charge in [-0.05, 0) is 56.7 Å². The van der Waals surface area contributed by atoms with E-state index in [4.69, 9.17) is 23.2 Å². The smallest absolute Gasteiger partial charge is 0.0558 e. The van der Waals surface area contributed by atoms with Crippen molar-refractivity contribution in [3.63, 3.8) is 0 Å². The molecule has 112 valence electrons. The van der Waals surface area contributed by atoms with Crippen LogP contribution in [0.1, 0.15) is 18.4 Å². The fourth-order valence-electron chi connectivity index (χ4n) is 2.82. The molecule has 2 rings (SSSR count). The van der Waals surface area contributed by atoms with E-state index >= 15 is 0 Å². The minimum Gasteiger partial charge on any atom is -0.395 e. The molecule has 1 aliphatic rings. The largest absolute Gasteiger partial charge is 0.395 e. The van der Waals surface area contributed by atoms with Gasteiger partial charge in [0.15, 0.2) is 0 Å². The van der Waals surface area contributed by atoms with Gasteiger partial charge in [0, 0.05) is 29.2 Å². The molecular formula is C15H22Cl2N2O. The number of piperidine rings is 1. The summed E-state index contributed by atoms with van der Waals surface area (Å²) in [5.74, 6) is 0. The van der Waals surface area contributed by atoms with E-state index in [1.54, 1.807) is 6.07 Å². The van der Waals surface area contributed by atoms with Gasteiger partial charge in [-0.25, -0.2) is 0 Å². The lowest BCUT2D eigenvalue weighted by Crippen LogP contribution is -2.44. The fraction of sp³-hybridized carbons (Fsp3) is 0.600. The third-order valence-electron chi connectivity index (χ3n) is 3.90. The number of aliphatic hydroxyl groups excluding tert-OH is 1. The van der Waals surface area contributed by atoms with E-state index in [1.165, 1.54) is 0 Å². The molecule has 1 saturated heterocycles. The van der Waals surface area contributed by atoms with Crippen molar-refractivity contribution in [3.05, 3.63) is 33.8 Å². The highest BCUT2D eigenvalue weighted by Crippen LogP contribution is 2.23. The van der Waals surface area contributed by atoms with Gasteiger partial charge in [-0.2, -0.15) is 0 Å². The van der Waals surface area contributed by atoms with Gasteiger partial charge in [-0.3, -0.25) is 4.90 Å². The molecule has 0 radical (unpaired) electrons. The molecule has 0 aliphatic carbocycles. The molecule has 3 nitrogen and oxygen atoms in total. The predicted molar refractivity (Wildman–Crippen MR) is 84.5 cm³/mol. The van der Waals surface area contributed by atoms with Crippen molar-refractivity contribution in [3.8, 4) is 0 Å². The third kappa shape index (κ3) is 4.61.